The van der Waals surface area contributed by atoms with E-state index in [1.54, 1.807) is 0 Å². The Morgan fingerprint density at radius 1 is 1.06 bits per heavy atom. The molecule has 0 aliphatic carbocycles. The predicted octanol–water partition coefficient (Wildman–Crippen LogP) is -1.96. The Bertz CT molecular complexity index is 303. The number of nitrogens with zero attached hydrogens (tertiary/aromatic N) is 1. The lowest BCUT2D eigenvalue weighted by Crippen LogP contribution is -2.48. The van der Waals surface area contributed by atoms with Gasteiger partial charge in [0.1, 0.15) is 0 Å². The summed E-state index contributed by atoms with van der Waals surface area (Å²) in [5.41, 5.74) is 15.5. The average Bonchev–Trinajstić information content (AvgIpc) is 2.16. The Kier molecular flexibility index (Phi) is 5.34. The van der Waals surface area contributed by atoms with E-state index in [0.29, 0.717) is 4.90 Å². The smallest absolute Gasteiger partial charge is 0.249 e. The zero-order valence-electron chi connectivity index (χ0n) is 9.21. The van der Waals surface area contributed by atoms with Gasteiger partial charge in [-0.15, -0.1) is 0 Å². The molecule has 0 aromatic heterocycles. The Morgan fingerprint density at radius 2 is 1.44 bits per heavy atom. The molecule has 0 spiro atoms. The molecule has 6 N–H and O–H groups in total. The third-order valence-electron chi connectivity index (χ3n) is 1.64. The zero-order chi connectivity index (χ0) is 12.9. The molecule has 0 fully saturated rings. The van der Waals surface area contributed by atoms with Crippen LogP contribution in [-0.2, 0) is 14.4 Å². The van der Waals surface area contributed by atoms with Crippen molar-refractivity contribution in [3.63, 3.8) is 0 Å². The minimum absolute atomic E-state index is 0.653. The third kappa shape index (κ3) is 4.20. The van der Waals surface area contributed by atoms with Gasteiger partial charge >= 0.3 is 0 Å². The molecule has 0 heterocycles. The summed E-state index contributed by atoms with van der Waals surface area (Å²) >= 11 is 0. The van der Waals surface area contributed by atoms with Crippen LogP contribution in [0.5, 0.6) is 0 Å². The van der Waals surface area contributed by atoms with E-state index in [9.17, 15) is 14.4 Å². The molecule has 0 aliphatic heterocycles. The predicted molar refractivity (Wildman–Crippen MR) is 57.5 cm³/mol. The molecule has 7 heteroatoms. The van der Waals surface area contributed by atoms with Crippen molar-refractivity contribution >= 4 is 17.7 Å². The van der Waals surface area contributed by atoms with Crippen LogP contribution in [0.2, 0.25) is 0 Å². The molecule has 7 nitrogen and oxygen atoms in total. The maximum Gasteiger partial charge on any atom is 0.249 e. The van der Waals surface area contributed by atoms with Crippen molar-refractivity contribution in [2.45, 2.75) is 25.9 Å². The fraction of sp³-hybridized carbons (Fsp3) is 0.444. The number of rotatable bonds is 4. The van der Waals surface area contributed by atoms with Crippen LogP contribution in [0.15, 0.2) is 12.3 Å². The van der Waals surface area contributed by atoms with Crippen LogP contribution in [0.1, 0.15) is 13.8 Å². The summed E-state index contributed by atoms with van der Waals surface area (Å²) in [5.74, 6) is -2.08. The van der Waals surface area contributed by atoms with E-state index in [2.05, 4.69) is 0 Å². The van der Waals surface area contributed by atoms with Crippen molar-refractivity contribution in [1.29, 1.82) is 0 Å². The molecule has 90 valence electrons. The highest BCUT2D eigenvalue weighted by Gasteiger charge is 2.24. The van der Waals surface area contributed by atoms with Gasteiger partial charge in [-0.1, -0.05) is 0 Å². The third-order valence-corrected chi connectivity index (χ3v) is 1.64. The summed E-state index contributed by atoms with van der Waals surface area (Å²) in [6.07, 6.45) is 1.86. The molecule has 3 amide bonds. The highest BCUT2D eigenvalue weighted by atomic mass is 16.2. The highest BCUT2D eigenvalue weighted by Crippen LogP contribution is 1.99. The van der Waals surface area contributed by atoms with E-state index in [1.165, 1.54) is 13.8 Å². The molecular weight excluding hydrogens is 212 g/mol. The first-order chi connectivity index (χ1) is 7.27. The summed E-state index contributed by atoms with van der Waals surface area (Å²) in [7, 11) is 0. The summed E-state index contributed by atoms with van der Waals surface area (Å²) in [4.78, 5) is 34.3. The molecule has 0 aliphatic rings. The molecule has 0 saturated heterocycles. The van der Waals surface area contributed by atoms with Crippen molar-refractivity contribution in [1.82, 2.24) is 4.90 Å². The SMILES string of the molecule is C[C@H](N)C(=O)N(C=CC(N)=O)C(=O)[C@H](C)N. The second kappa shape index (κ2) is 5.99. The number of primary amides is 1. The Morgan fingerprint density at radius 3 is 1.69 bits per heavy atom. The monoisotopic (exact) mass is 228 g/mol. The number of nitrogens with two attached hydrogens (primary N) is 3. The van der Waals surface area contributed by atoms with Crippen LogP contribution in [0.25, 0.3) is 0 Å². The number of hydrogen-bond acceptors (Lipinski definition) is 5. The van der Waals surface area contributed by atoms with E-state index in [0.717, 1.165) is 12.3 Å². The van der Waals surface area contributed by atoms with Crippen molar-refractivity contribution in [2.24, 2.45) is 17.2 Å². The normalized spacial score (nSPS) is 14.5. The van der Waals surface area contributed by atoms with Crippen LogP contribution >= 0.6 is 0 Å². The van der Waals surface area contributed by atoms with E-state index in [4.69, 9.17) is 17.2 Å². The van der Waals surface area contributed by atoms with Crippen LogP contribution in [0.3, 0.4) is 0 Å². The maximum atomic E-state index is 11.5. The summed E-state index contributed by atoms with van der Waals surface area (Å²) in [6.45, 7) is 2.84. The molecule has 0 aromatic rings. The lowest BCUT2D eigenvalue weighted by Gasteiger charge is -2.20. The minimum atomic E-state index is -0.875. The molecule has 16 heavy (non-hydrogen) atoms. The van der Waals surface area contributed by atoms with Crippen LogP contribution in [0, 0.1) is 0 Å². The summed E-state index contributed by atoms with van der Waals surface area (Å²) < 4.78 is 0. The summed E-state index contributed by atoms with van der Waals surface area (Å²) in [6, 6.07) is -1.75. The van der Waals surface area contributed by atoms with Gasteiger partial charge in [0.05, 0.1) is 12.1 Å². The van der Waals surface area contributed by atoms with Crippen LogP contribution in [0.4, 0.5) is 0 Å². The van der Waals surface area contributed by atoms with Crippen molar-refractivity contribution in [3.05, 3.63) is 12.3 Å². The average molecular weight is 228 g/mol. The lowest BCUT2D eigenvalue weighted by atomic mass is 10.2. The maximum absolute atomic E-state index is 11.5. The van der Waals surface area contributed by atoms with E-state index < -0.39 is 29.8 Å². The van der Waals surface area contributed by atoms with Gasteiger partial charge < -0.3 is 17.2 Å². The quantitative estimate of drug-likeness (QED) is 0.480. The first kappa shape index (κ1) is 14.3. The second-order valence-corrected chi connectivity index (χ2v) is 3.34. The fourth-order valence-electron chi connectivity index (χ4n) is 0.842. The molecule has 0 saturated carbocycles. The molecule has 0 aromatic carbocycles. The Hall–Kier alpha value is -1.73. The van der Waals surface area contributed by atoms with E-state index in [-0.39, 0.29) is 0 Å². The lowest BCUT2D eigenvalue weighted by molar-refractivity contribution is -0.142. The number of carbonyl (C=O) groups excluding carboxylic acids is 3. The molecule has 0 bridgehead atoms. The van der Waals surface area contributed by atoms with Crippen LogP contribution < -0.4 is 17.2 Å². The number of amides is 3. The van der Waals surface area contributed by atoms with Gasteiger partial charge in [-0.05, 0) is 13.8 Å². The van der Waals surface area contributed by atoms with Gasteiger partial charge in [0.25, 0.3) is 0 Å². The molecule has 2 atom stereocenters. The van der Waals surface area contributed by atoms with Gasteiger partial charge in [0, 0.05) is 12.3 Å². The van der Waals surface area contributed by atoms with E-state index >= 15 is 0 Å². The van der Waals surface area contributed by atoms with Crippen molar-refractivity contribution in [2.75, 3.05) is 0 Å². The van der Waals surface area contributed by atoms with Crippen molar-refractivity contribution in [3.8, 4) is 0 Å². The zero-order valence-corrected chi connectivity index (χ0v) is 9.21. The molecule has 0 radical (unpaired) electrons. The second-order valence-electron chi connectivity index (χ2n) is 3.34. The van der Waals surface area contributed by atoms with Crippen LogP contribution in [-0.4, -0.2) is 34.7 Å². The largest absolute Gasteiger partial charge is 0.366 e. The molecular formula is C9H16N4O3. The number of carbonyl (C=O) groups is 3. The first-order valence-corrected chi connectivity index (χ1v) is 4.63. The fourth-order valence-corrected chi connectivity index (χ4v) is 0.842. The first-order valence-electron chi connectivity index (χ1n) is 4.63. The van der Waals surface area contributed by atoms with Gasteiger partial charge in [-0.2, -0.15) is 0 Å². The van der Waals surface area contributed by atoms with Gasteiger partial charge in [-0.3, -0.25) is 19.3 Å². The van der Waals surface area contributed by atoms with E-state index in [1.807, 2.05) is 0 Å². The Balaban J connectivity index is 4.98. The van der Waals surface area contributed by atoms with Gasteiger partial charge in [-0.25, -0.2) is 0 Å². The van der Waals surface area contributed by atoms with Gasteiger partial charge in [0.2, 0.25) is 17.7 Å². The highest BCUT2D eigenvalue weighted by molar-refractivity contribution is 6.01. The minimum Gasteiger partial charge on any atom is -0.366 e. The molecule has 0 rings (SSSR count). The van der Waals surface area contributed by atoms with Crippen molar-refractivity contribution < 1.29 is 14.4 Å². The van der Waals surface area contributed by atoms with Gasteiger partial charge in [0.15, 0.2) is 0 Å². The Labute approximate surface area is 93.2 Å². The number of imide groups is 1. The summed E-state index contributed by atoms with van der Waals surface area (Å²) in [5, 5.41) is 0. The number of hydrogen-bond donors (Lipinski definition) is 3. The topological polar surface area (TPSA) is 133 Å². The standard InChI is InChI=1S/C9H16N4O3/c1-5(10)8(15)13(4-3-7(12)14)9(16)6(2)11/h3-6H,10-11H2,1-2H3,(H2,12,14)/t5-,6-/m0/s1. The molecule has 0 unspecified atom stereocenters.